The van der Waals surface area contributed by atoms with Crippen molar-refractivity contribution in [3.63, 3.8) is 0 Å². The summed E-state index contributed by atoms with van der Waals surface area (Å²) < 4.78 is 14.0. The average molecular weight is 211 g/mol. The van der Waals surface area contributed by atoms with Crippen LogP contribution < -0.4 is 0 Å². The normalized spacial score (nSPS) is 12.8. The smallest absolute Gasteiger partial charge is 0.164 e. The van der Waals surface area contributed by atoms with Crippen LogP contribution in [0.15, 0.2) is 0 Å². The molecule has 0 heterocycles. The minimum absolute atomic E-state index is 0. The number of rotatable bonds is 3. The van der Waals surface area contributed by atoms with Gasteiger partial charge < -0.3 is 9.84 Å². The summed E-state index contributed by atoms with van der Waals surface area (Å²) in [5.41, 5.74) is 0. The molecule has 1 unspecified atom stereocenters. The summed E-state index contributed by atoms with van der Waals surface area (Å²) in [7, 11) is 1.27. The van der Waals surface area contributed by atoms with Crippen LogP contribution in [-0.2, 0) is 42.0 Å². The van der Waals surface area contributed by atoms with Crippen molar-refractivity contribution in [1.82, 2.24) is 0 Å². The van der Waals surface area contributed by atoms with E-state index in [1.54, 1.807) is 0 Å². The maximum atomic E-state index is 9.63. The van der Waals surface area contributed by atoms with Gasteiger partial charge in [0.25, 0.3) is 0 Å². The van der Waals surface area contributed by atoms with Gasteiger partial charge in [0.05, 0.1) is 6.16 Å². The third-order valence-electron chi connectivity index (χ3n) is 0.503. The zero-order valence-corrected chi connectivity index (χ0v) is 8.31. The molecule has 0 fully saturated rings. The van der Waals surface area contributed by atoms with Gasteiger partial charge in [0.2, 0.25) is 0 Å². The summed E-state index contributed by atoms with van der Waals surface area (Å²) in [6, 6.07) is 0. The number of methoxy groups -OCH3 is 1. The molecule has 0 rings (SSSR count). The van der Waals surface area contributed by atoms with E-state index in [-0.39, 0.29) is 47.3 Å². The Morgan fingerprint density at radius 3 is 2.50 bits per heavy atom. The molecule has 45 valence electrons. The van der Waals surface area contributed by atoms with Gasteiger partial charge in [-0.1, -0.05) is 0 Å². The molecule has 0 aliphatic heterocycles. The zero-order valence-electron chi connectivity index (χ0n) is 4.57. The van der Waals surface area contributed by atoms with Gasteiger partial charge in [0, 0.05) is 39.8 Å². The predicted molar refractivity (Wildman–Crippen MR) is 25.5 cm³/mol. The fourth-order valence-electron chi connectivity index (χ4n) is 0.138. The fraction of sp³-hybridized carbons (Fsp3) is 1.00. The van der Waals surface area contributed by atoms with Crippen molar-refractivity contribution < 1.29 is 47.1 Å². The molecular formula is C3H7O3PY. The summed E-state index contributed by atoms with van der Waals surface area (Å²) in [4.78, 5) is 0. The quantitative estimate of drug-likeness (QED) is 0.537. The number of aliphatic hydroxyl groups is 1. The van der Waals surface area contributed by atoms with Gasteiger partial charge in [-0.15, -0.1) is 0 Å². The maximum absolute atomic E-state index is 9.63. The number of hydrogen-bond acceptors (Lipinski definition) is 3. The number of hydrogen-bond donors (Lipinski definition) is 1. The van der Waals surface area contributed by atoms with Crippen molar-refractivity contribution in [2.75, 3.05) is 13.3 Å². The van der Waals surface area contributed by atoms with Crippen molar-refractivity contribution in [3.05, 3.63) is 0 Å². The molecule has 0 aromatic heterocycles. The first-order valence-corrected chi connectivity index (χ1v) is 2.81. The van der Waals surface area contributed by atoms with E-state index in [1.807, 2.05) is 0 Å². The van der Waals surface area contributed by atoms with E-state index in [1.165, 1.54) is 7.11 Å². The SMILES string of the molecule is COC(O)CP=O.[Y]. The van der Waals surface area contributed by atoms with Crippen LogP contribution in [0, 0.1) is 0 Å². The topological polar surface area (TPSA) is 46.5 Å². The van der Waals surface area contributed by atoms with E-state index in [2.05, 4.69) is 4.74 Å². The molecule has 1 N–H and O–H groups in total. The van der Waals surface area contributed by atoms with E-state index >= 15 is 0 Å². The third-order valence-corrected chi connectivity index (χ3v) is 0.964. The molecule has 8 heavy (non-hydrogen) atoms. The van der Waals surface area contributed by atoms with Gasteiger partial charge in [-0.25, -0.2) is 0 Å². The van der Waals surface area contributed by atoms with Gasteiger partial charge >= 0.3 is 0 Å². The van der Waals surface area contributed by atoms with Crippen LogP contribution in [0.4, 0.5) is 0 Å². The summed E-state index contributed by atoms with van der Waals surface area (Å²) in [6.07, 6.45) is -0.726. The second-order valence-electron chi connectivity index (χ2n) is 1.00. The predicted octanol–water partition coefficient (Wildman–Crippen LogP) is 0.240. The van der Waals surface area contributed by atoms with Crippen LogP contribution in [0.3, 0.4) is 0 Å². The fourth-order valence-corrected chi connectivity index (χ4v) is 0.415. The molecule has 1 radical (unpaired) electrons. The van der Waals surface area contributed by atoms with Crippen LogP contribution in [0.25, 0.3) is 0 Å². The molecule has 0 amide bonds. The Morgan fingerprint density at radius 1 is 1.88 bits per heavy atom. The molecular weight excluding hydrogens is 204 g/mol. The van der Waals surface area contributed by atoms with Crippen LogP contribution >= 0.6 is 8.46 Å². The van der Waals surface area contributed by atoms with Gasteiger partial charge in [-0.2, -0.15) is 0 Å². The van der Waals surface area contributed by atoms with Crippen LogP contribution in [-0.4, -0.2) is 24.7 Å². The van der Waals surface area contributed by atoms with Crippen molar-refractivity contribution in [2.24, 2.45) is 0 Å². The first-order valence-electron chi connectivity index (χ1n) is 1.81. The second-order valence-corrected chi connectivity index (χ2v) is 1.63. The summed E-state index contributed by atoms with van der Waals surface area (Å²) in [5.74, 6) is 0. The molecule has 3 nitrogen and oxygen atoms in total. The van der Waals surface area contributed by atoms with Crippen molar-refractivity contribution in [1.29, 1.82) is 0 Å². The van der Waals surface area contributed by atoms with E-state index < -0.39 is 6.29 Å². The van der Waals surface area contributed by atoms with Crippen LogP contribution in [0.5, 0.6) is 0 Å². The Hall–Kier alpha value is 1.12. The first-order chi connectivity index (χ1) is 3.31. The largest absolute Gasteiger partial charge is 0.367 e. The second kappa shape index (κ2) is 8.12. The van der Waals surface area contributed by atoms with Crippen LogP contribution in [0.1, 0.15) is 0 Å². The molecule has 0 aliphatic rings. The summed E-state index contributed by atoms with van der Waals surface area (Å²) >= 11 is 0. The van der Waals surface area contributed by atoms with Gasteiger partial charge in [0.1, 0.15) is 0 Å². The Balaban J connectivity index is 0. The van der Waals surface area contributed by atoms with Gasteiger partial charge in [-0.3, -0.25) is 4.57 Å². The molecule has 0 bridgehead atoms. The standard InChI is InChI=1S/C3H7O3P.Y/c1-6-3(4)2-7-5;/h3-4H,2H2,1H3;. The zero-order chi connectivity index (χ0) is 5.70. The first kappa shape index (κ1) is 11.9. The molecule has 0 saturated carbocycles. The van der Waals surface area contributed by atoms with Crippen molar-refractivity contribution in [3.8, 4) is 0 Å². The van der Waals surface area contributed by atoms with E-state index in [0.29, 0.717) is 0 Å². The van der Waals surface area contributed by atoms with E-state index in [4.69, 9.17) is 5.11 Å². The molecule has 0 aliphatic carbocycles. The van der Waals surface area contributed by atoms with Gasteiger partial charge in [-0.05, 0) is 0 Å². The molecule has 1 atom stereocenters. The minimum atomic E-state index is -0.876. The maximum Gasteiger partial charge on any atom is 0.164 e. The van der Waals surface area contributed by atoms with Crippen LogP contribution in [0.2, 0.25) is 0 Å². The molecule has 5 heteroatoms. The van der Waals surface area contributed by atoms with Crippen molar-refractivity contribution in [2.45, 2.75) is 6.29 Å². The van der Waals surface area contributed by atoms with Gasteiger partial charge in [0.15, 0.2) is 14.8 Å². The van der Waals surface area contributed by atoms with Crippen molar-refractivity contribution >= 4 is 8.46 Å². The number of ether oxygens (including phenoxy) is 1. The Bertz CT molecular complexity index is 60.5. The Labute approximate surface area is 74.9 Å². The van der Waals surface area contributed by atoms with E-state index in [9.17, 15) is 4.57 Å². The Morgan fingerprint density at radius 2 is 2.38 bits per heavy atom. The average Bonchev–Trinajstić information content (AvgIpc) is 1.68. The summed E-state index contributed by atoms with van der Waals surface area (Å²) in [6.45, 7) is 0. The summed E-state index contributed by atoms with van der Waals surface area (Å²) in [5, 5.41) is 8.43. The monoisotopic (exact) mass is 211 g/mol. The van der Waals surface area contributed by atoms with E-state index in [0.717, 1.165) is 0 Å². The molecule has 0 aromatic rings. The molecule has 0 aromatic carbocycles. The third kappa shape index (κ3) is 7.12. The Kier molecular flexibility index (Phi) is 12.0. The minimum Gasteiger partial charge on any atom is -0.367 e. The molecule has 0 spiro atoms. The molecule has 0 saturated heterocycles. The number of aliphatic hydroxyl groups excluding tert-OH is 1.